The van der Waals surface area contributed by atoms with E-state index in [1.807, 2.05) is 49.5 Å². The largest absolute Gasteiger partial charge is 0.491 e. The van der Waals surface area contributed by atoms with Crippen molar-refractivity contribution in [3.8, 4) is 0 Å². The first kappa shape index (κ1) is 13.1. The van der Waals surface area contributed by atoms with E-state index < -0.39 is 0 Å². The molecule has 2 heterocycles. The first-order valence-electron chi connectivity index (χ1n) is 6.24. The maximum atomic E-state index is 6.45. The summed E-state index contributed by atoms with van der Waals surface area (Å²) in [6.07, 6.45) is 5.63. The maximum absolute atomic E-state index is 6.45. The van der Waals surface area contributed by atoms with Crippen molar-refractivity contribution in [3.05, 3.63) is 64.7 Å². The molecule has 3 rings (SSSR count). The first-order chi connectivity index (χ1) is 9.58. The SMILES string of the molecule is COC1=CC=C[N+]2(N)C(C)=NC(c3ccccc3Cl)=C12. The van der Waals surface area contributed by atoms with Crippen LogP contribution in [-0.4, -0.2) is 17.5 Å². The number of aliphatic imine (C=N–C) groups is 1. The van der Waals surface area contributed by atoms with Gasteiger partial charge in [0.15, 0.2) is 5.76 Å². The summed E-state index contributed by atoms with van der Waals surface area (Å²) in [7, 11) is 1.63. The van der Waals surface area contributed by atoms with Crippen LogP contribution in [0.15, 0.2) is 59.1 Å². The van der Waals surface area contributed by atoms with Gasteiger partial charge in [-0.2, -0.15) is 10.8 Å². The molecule has 4 nitrogen and oxygen atoms in total. The van der Waals surface area contributed by atoms with E-state index in [0.29, 0.717) is 10.8 Å². The highest BCUT2D eigenvalue weighted by molar-refractivity contribution is 6.32. The molecule has 0 saturated carbocycles. The summed E-state index contributed by atoms with van der Waals surface area (Å²) < 4.78 is 5.48. The van der Waals surface area contributed by atoms with Gasteiger partial charge in [-0.25, -0.2) is 0 Å². The van der Waals surface area contributed by atoms with Crippen molar-refractivity contribution in [3.63, 3.8) is 0 Å². The normalized spacial score (nSPS) is 24.4. The molecular weight excluding hydrogens is 274 g/mol. The summed E-state index contributed by atoms with van der Waals surface area (Å²) in [6.45, 7) is 1.90. The molecule has 102 valence electrons. The van der Waals surface area contributed by atoms with Gasteiger partial charge in [-0.3, -0.25) is 0 Å². The van der Waals surface area contributed by atoms with Crippen molar-refractivity contribution < 1.29 is 9.33 Å². The highest BCUT2D eigenvalue weighted by Crippen LogP contribution is 2.41. The molecule has 0 amide bonds. The summed E-state index contributed by atoms with van der Waals surface area (Å²) in [4.78, 5) is 4.62. The quantitative estimate of drug-likeness (QED) is 0.671. The Labute approximate surface area is 122 Å². The van der Waals surface area contributed by atoms with Crippen molar-refractivity contribution in [2.75, 3.05) is 7.11 Å². The maximum Gasteiger partial charge on any atom is 0.231 e. The summed E-state index contributed by atoms with van der Waals surface area (Å²) in [5.41, 5.74) is 2.42. The number of nitrogens with two attached hydrogens (primary N) is 1. The molecule has 1 aromatic rings. The van der Waals surface area contributed by atoms with Gasteiger partial charge in [-0.1, -0.05) is 29.8 Å². The van der Waals surface area contributed by atoms with Crippen LogP contribution in [-0.2, 0) is 4.74 Å². The van der Waals surface area contributed by atoms with E-state index in [2.05, 4.69) is 4.99 Å². The summed E-state index contributed by atoms with van der Waals surface area (Å²) in [6, 6.07) is 7.59. The van der Waals surface area contributed by atoms with Crippen molar-refractivity contribution in [2.45, 2.75) is 6.92 Å². The number of halogens is 1. The van der Waals surface area contributed by atoms with E-state index in [-0.39, 0.29) is 4.59 Å². The third-order valence-electron chi connectivity index (χ3n) is 3.55. The fraction of sp³-hybridized carbons (Fsp3) is 0.133. The van der Waals surface area contributed by atoms with Gasteiger partial charge in [0, 0.05) is 12.5 Å². The smallest absolute Gasteiger partial charge is 0.231 e. The number of ether oxygens (including phenoxy) is 1. The van der Waals surface area contributed by atoms with Gasteiger partial charge < -0.3 is 4.74 Å². The molecule has 1 unspecified atom stereocenters. The Bertz CT molecular complexity index is 703. The predicted molar refractivity (Wildman–Crippen MR) is 80.2 cm³/mol. The molecule has 0 saturated heterocycles. The van der Waals surface area contributed by atoms with E-state index in [9.17, 15) is 0 Å². The highest BCUT2D eigenvalue weighted by atomic mass is 35.5. The minimum atomic E-state index is 0.0280. The Morgan fingerprint density at radius 1 is 1.30 bits per heavy atom. The Morgan fingerprint density at radius 3 is 2.75 bits per heavy atom. The number of amidine groups is 1. The van der Waals surface area contributed by atoms with Crippen LogP contribution in [0.3, 0.4) is 0 Å². The molecule has 0 bridgehead atoms. The van der Waals surface area contributed by atoms with Crippen LogP contribution < -0.4 is 5.84 Å². The van der Waals surface area contributed by atoms with Crippen molar-refractivity contribution in [1.82, 2.24) is 0 Å². The lowest BCUT2D eigenvalue weighted by molar-refractivity contribution is -0.756. The van der Waals surface area contributed by atoms with Gasteiger partial charge in [0.2, 0.25) is 11.5 Å². The fourth-order valence-electron chi connectivity index (χ4n) is 2.47. The highest BCUT2D eigenvalue weighted by Gasteiger charge is 2.45. The van der Waals surface area contributed by atoms with Crippen molar-refractivity contribution >= 4 is 23.1 Å². The zero-order valence-corrected chi connectivity index (χ0v) is 12.1. The third kappa shape index (κ3) is 1.73. The molecule has 0 aliphatic carbocycles. The fourth-order valence-corrected chi connectivity index (χ4v) is 2.69. The van der Waals surface area contributed by atoms with Gasteiger partial charge in [-0.15, -0.1) is 4.59 Å². The second-order valence-corrected chi connectivity index (χ2v) is 5.10. The minimum Gasteiger partial charge on any atom is -0.491 e. The molecule has 0 spiro atoms. The number of quaternary nitrogens is 1. The van der Waals surface area contributed by atoms with E-state index in [0.717, 1.165) is 22.8 Å². The lowest BCUT2D eigenvalue weighted by Crippen LogP contribution is -2.51. The van der Waals surface area contributed by atoms with Crippen LogP contribution in [0.5, 0.6) is 0 Å². The number of allylic oxidation sites excluding steroid dienone is 2. The Hall–Kier alpha value is -1.88. The average Bonchev–Trinajstić information content (AvgIpc) is 2.71. The van der Waals surface area contributed by atoms with E-state index in [1.54, 1.807) is 7.11 Å². The van der Waals surface area contributed by atoms with Gasteiger partial charge in [0.05, 0.1) is 12.1 Å². The lowest BCUT2D eigenvalue weighted by atomic mass is 10.1. The summed E-state index contributed by atoms with van der Waals surface area (Å²) in [5, 5.41) is 0.644. The molecule has 0 fully saturated rings. The first-order valence-corrected chi connectivity index (χ1v) is 6.62. The van der Waals surface area contributed by atoms with Crippen LogP contribution in [0.25, 0.3) is 5.70 Å². The number of nitrogens with zero attached hydrogens (tertiary/aromatic N) is 2. The van der Waals surface area contributed by atoms with E-state index >= 15 is 0 Å². The van der Waals surface area contributed by atoms with Gasteiger partial charge in [0.1, 0.15) is 11.9 Å². The molecule has 0 radical (unpaired) electrons. The van der Waals surface area contributed by atoms with Crippen LogP contribution in [0.4, 0.5) is 0 Å². The zero-order valence-electron chi connectivity index (χ0n) is 11.3. The number of hydrogen-bond acceptors (Lipinski definition) is 3. The standard InChI is InChI=1S/C15H15ClN3O/c1-10-18-14(11-6-3-4-7-12(11)16)15-13(20-2)8-5-9-19(10,15)17/h3-9H,17H2,1-2H3/q+1. The number of hydrogen-bond donors (Lipinski definition) is 1. The van der Waals surface area contributed by atoms with E-state index in [1.165, 1.54) is 0 Å². The minimum absolute atomic E-state index is 0.0280. The molecule has 2 N–H and O–H groups in total. The predicted octanol–water partition coefficient (Wildman–Crippen LogP) is 3.19. The zero-order chi connectivity index (χ0) is 14.3. The van der Waals surface area contributed by atoms with Crippen LogP contribution >= 0.6 is 11.6 Å². The molecule has 1 atom stereocenters. The Kier molecular flexibility index (Phi) is 3.01. The number of fused-ring (bicyclic) bond motifs is 1. The van der Waals surface area contributed by atoms with Crippen molar-refractivity contribution in [1.29, 1.82) is 0 Å². The lowest BCUT2D eigenvalue weighted by Gasteiger charge is -2.28. The summed E-state index contributed by atoms with van der Waals surface area (Å²) in [5.74, 6) is 7.92. The van der Waals surface area contributed by atoms with Gasteiger partial charge in [-0.05, 0) is 18.2 Å². The number of rotatable bonds is 2. The number of benzene rings is 1. The Morgan fingerprint density at radius 2 is 2.05 bits per heavy atom. The molecular formula is C15H15ClN3O+. The topological polar surface area (TPSA) is 47.6 Å². The molecule has 20 heavy (non-hydrogen) atoms. The molecule has 0 aromatic heterocycles. The van der Waals surface area contributed by atoms with Gasteiger partial charge >= 0.3 is 0 Å². The van der Waals surface area contributed by atoms with Crippen LogP contribution in [0.1, 0.15) is 12.5 Å². The third-order valence-corrected chi connectivity index (χ3v) is 3.88. The second kappa shape index (κ2) is 4.59. The number of methoxy groups -OCH3 is 1. The average molecular weight is 289 g/mol. The molecule has 2 aliphatic heterocycles. The van der Waals surface area contributed by atoms with E-state index in [4.69, 9.17) is 22.2 Å². The van der Waals surface area contributed by atoms with Crippen molar-refractivity contribution in [2.24, 2.45) is 10.8 Å². The molecule has 1 aromatic carbocycles. The molecule has 2 aliphatic rings. The van der Waals surface area contributed by atoms with Crippen LogP contribution in [0, 0.1) is 0 Å². The van der Waals surface area contributed by atoms with Crippen LogP contribution in [0.2, 0.25) is 5.02 Å². The van der Waals surface area contributed by atoms with Gasteiger partial charge in [0.25, 0.3) is 0 Å². The second-order valence-electron chi connectivity index (χ2n) is 4.69. The summed E-state index contributed by atoms with van der Waals surface area (Å²) >= 11 is 6.29. The monoisotopic (exact) mass is 288 g/mol. The Balaban J connectivity index is 2.28. The molecule has 5 heteroatoms.